The number of benzene rings is 1. The summed E-state index contributed by atoms with van der Waals surface area (Å²) in [7, 11) is 0. The van der Waals surface area contributed by atoms with Gasteiger partial charge in [0.2, 0.25) is 0 Å². The van der Waals surface area contributed by atoms with Gasteiger partial charge in [-0.05, 0) is 24.5 Å². The normalized spacial score (nSPS) is 10.1. The molecule has 0 aromatic heterocycles. The molecule has 0 atom stereocenters. The minimum Gasteiger partial charge on any atom is -0.490 e. The van der Waals surface area contributed by atoms with Crippen LogP contribution in [0.25, 0.3) is 6.08 Å². The molecule has 0 amide bonds. The summed E-state index contributed by atoms with van der Waals surface area (Å²) in [6.45, 7) is 11.2. The molecule has 0 unspecified atom stereocenters. The maximum atomic E-state index is 5.70. The summed E-state index contributed by atoms with van der Waals surface area (Å²) in [5.74, 6) is 1.42. The van der Waals surface area contributed by atoms with Crippen molar-refractivity contribution in [3.05, 3.63) is 30.3 Å². The summed E-state index contributed by atoms with van der Waals surface area (Å²) in [6.07, 6.45) is 5.81. The third-order valence-electron chi connectivity index (χ3n) is 2.58. The van der Waals surface area contributed by atoms with Crippen LogP contribution in [0.4, 0.5) is 0 Å². The lowest BCUT2D eigenvalue weighted by atomic mass is 10.2. The van der Waals surface area contributed by atoms with Gasteiger partial charge in [-0.2, -0.15) is 0 Å². The van der Waals surface area contributed by atoms with Crippen LogP contribution < -0.4 is 9.47 Å². The van der Waals surface area contributed by atoms with Gasteiger partial charge in [-0.25, -0.2) is 0 Å². The average Bonchev–Trinajstić information content (AvgIpc) is 2.40. The molecule has 0 aliphatic carbocycles. The van der Waals surface area contributed by atoms with Crippen LogP contribution in [0.5, 0.6) is 11.5 Å². The van der Waals surface area contributed by atoms with Crippen LogP contribution >= 0.6 is 0 Å². The monoisotopic (exact) mass is 246 g/mol. The maximum Gasteiger partial charge on any atom is 0.169 e. The first-order chi connectivity index (χ1) is 8.81. The second kappa shape index (κ2) is 8.62. The molecular formula is C16H22O2. The van der Waals surface area contributed by atoms with Crippen LogP contribution in [0.15, 0.2) is 12.1 Å². The summed E-state index contributed by atoms with van der Waals surface area (Å²) >= 11 is 0. The Labute approximate surface area is 111 Å². The van der Waals surface area contributed by atoms with Crippen molar-refractivity contribution in [2.24, 2.45) is 0 Å². The van der Waals surface area contributed by atoms with Crippen LogP contribution in [-0.4, -0.2) is 13.2 Å². The number of rotatable bonds is 9. The number of hydrogen-bond donors (Lipinski definition) is 0. The Balaban J connectivity index is 2.69. The fraction of sp³-hybridized carbons (Fsp3) is 0.500. The van der Waals surface area contributed by atoms with E-state index < -0.39 is 0 Å². The van der Waals surface area contributed by atoms with Crippen LogP contribution in [0.3, 0.4) is 0 Å². The van der Waals surface area contributed by atoms with E-state index in [4.69, 9.17) is 16.1 Å². The van der Waals surface area contributed by atoms with Gasteiger partial charge in [-0.15, -0.1) is 0 Å². The van der Waals surface area contributed by atoms with E-state index in [0.717, 1.165) is 37.0 Å². The Hall–Kier alpha value is -1.44. The highest BCUT2D eigenvalue weighted by Gasteiger charge is 2.06. The second-order valence-electron chi connectivity index (χ2n) is 4.18. The van der Waals surface area contributed by atoms with Crippen molar-refractivity contribution in [3.8, 4) is 11.5 Å². The highest BCUT2D eigenvalue weighted by Crippen LogP contribution is 2.28. The summed E-state index contributed by atoms with van der Waals surface area (Å²) < 4.78 is 11.4. The molecule has 0 heterocycles. The topological polar surface area (TPSA) is 18.5 Å². The molecule has 0 saturated carbocycles. The lowest BCUT2D eigenvalue weighted by Crippen LogP contribution is -2.02. The molecule has 1 aromatic carbocycles. The molecule has 0 saturated heterocycles. The smallest absolute Gasteiger partial charge is 0.169 e. The van der Waals surface area contributed by atoms with Gasteiger partial charge in [0, 0.05) is 6.07 Å². The number of ether oxygens (including phenoxy) is 2. The van der Waals surface area contributed by atoms with E-state index in [1.807, 2.05) is 12.1 Å². The molecule has 0 fully saturated rings. The first-order valence-corrected chi connectivity index (χ1v) is 6.68. The van der Waals surface area contributed by atoms with Gasteiger partial charge in [-0.1, -0.05) is 45.4 Å². The molecule has 1 aromatic rings. The third kappa shape index (κ3) is 4.82. The predicted molar refractivity (Wildman–Crippen MR) is 74.8 cm³/mol. The molecule has 2 nitrogen and oxygen atoms in total. The summed E-state index contributed by atoms with van der Waals surface area (Å²) in [5.41, 5.74) is 0.823. The first-order valence-electron chi connectivity index (χ1n) is 6.68. The van der Waals surface area contributed by atoms with Crippen molar-refractivity contribution in [2.45, 2.75) is 39.5 Å². The van der Waals surface area contributed by atoms with Crippen molar-refractivity contribution >= 4 is 6.08 Å². The minimum atomic E-state index is 0.666. The quantitative estimate of drug-likeness (QED) is 0.605. The summed E-state index contributed by atoms with van der Waals surface area (Å²) in [4.78, 5) is 0. The minimum absolute atomic E-state index is 0.666. The van der Waals surface area contributed by atoms with E-state index >= 15 is 0 Å². The predicted octanol–water partition coefficient (Wildman–Crippen LogP) is 4.29. The van der Waals surface area contributed by atoms with E-state index in [1.165, 1.54) is 6.08 Å². The molecule has 0 aliphatic rings. The van der Waals surface area contributed by atoms with Crippen molar-refractivity contribution in [3.63, 3.8) is 0 Å². The third-order valence-corrected chi connectivity index (χ3v) is 2.58. The summed E-state index contributed by atoms with van der Waals surface area (Å²) in [6, 6.07) is 6.90. The molecule has 98 valence electrons. The molecule has 1 rings (SSSR count). The van der Waals surface area contributed by atoms with Crippen molar-refractivity contribution < 1.29 is 9.47 Å². The fourth-order valence-corrected chi connectivity index (χ4v) is 1.44. The van der Waals surface area contributed by atoms with E-state index in [9.17, 15) is 0 Å². The van der Waals surface area contributed by atoms with E-state index in [-0.39, 0.29) is 0 Å². The Morgan fingerprint density at radius 2 is 1.78 bits per heavy atom. The number of hydrogen-bond acceptors (Lipinski definition) is 2. The molecule has 0 aliphatic heterocycles. The van der Waals surface area contributed by atoms with Gasteiger partial charge in [0.1, 0.15) is 0 Å². The molecule has 0 bridgehead atoms. The molecule has 0 spiro atoms. The molecule has 0 N–H and O–H groups in total. The lowest BCUT2D eigenvalue weighted by molar-refractivity contribution is 0.261. The summed E-state index contributed by atoms with van der Waals surface area (Å²) in [5, 5.41) is 0. The van der Waals surface area contributed by atoms with E-state index in [0.29, 0.717) is 19.0 Å². The van der Waals surface area contributed by atoms with Gasteiger partial charge in [0.25, 0.3) is 0 Å². The highest BCUT2D eigenvalue weighted by molar-refractivity contribution is 5.52. The van der Waals surface area contributed by atoms with Gasteiger partial charge >= 0.3 is 0 Å². The van der Waals surface area contributed by atoms with Crippen molar-refractivity contribution in [1.29, 1.82) is 0 Å². The van der Waals surface area contributed by atoms with Gasteiger partial charge in [-0.3, -0.25) is 0 Å². The Bertz CT molecular complexity index is 358. The molecule has 18 heavy (non-hydrogen) atoms. The standard InChI is InChI=1S/C16H22O2/c1-4-7-11-17-15-10-9-14(6-3)13-16(15)18-12-8-5-2/h3,6,9-10H,4-5,7-8,11-12H2,1-2H3. The van der Waals surface area contributed by atoms with Crippen LogP contribution in [0.1, 0.15) is 45.1 Å². The highest BCUT2D eigenvalue weighted by atomic mass is 16.5. The second-order valence-corrected chi connectivity index (χ2v) is 4.18. The zero-order valence-corrected chi connectivity index (χ0v) is 11.4. The van der Waals surface area contributed by atoms with Crippen LogP contribution in [0, 0.1) is 12.6 Å². The average molecular weight is 246 g/mol. The van der Waals surface area contributed by atoms with E-state index in [2.05, 4.69) is 19.9 Å². The van der Waals surface area contributed by atoms with Gasteiger partial charge < -0.3 is 9.47 Å². The Morgan fingerprint density at radius 1 is 1.11 bits per heavy atom. The Morgan fingerprint density at radius 3 is 2.39 bits per heavy atom. The largest absolute Gasteiger partial charge is 0.490 e. The van der Waals surface area contributed by atoms with Crippen molar-refractivity contribution in [1.82, 2.24) is 0 Å². The van der Waals surface area contributed by atoms with Crippen molar-refractivity contribution in [2.75, 3.05) is 13.2 Å². The molecule has 2 radical (unpaired) electrons. The zero-order chi connectivity index (χ0) is 13.2. The van der Waals surface area contributed by atoms with Crippen LogP contribution in [0.2, 0.25) is 0 Å². The lowest BCUT2D eigenvalue weighted by Gasteiger charge is -2.12. The number of unbranched alkanes of at least 4 members (excludes halogenated alkanes) is 2. The Kier molecular flexibility index (Phi) is 7.00. The van der Waals surface area contributed by atoms with E-state index in [1.54, 1.807) is 0 Å². The fourth-order valence-electron chi connectivity index (χ4n) is 1.44. The molecular weight excluding hydrogens is 224 g/mol. The van der Waals surface area contributed by atoms with Crippen LogP contribution in [-0.2, 0) is 0 Å². The molecule has 2 heteroatoms. The van der Waals surface area contributed by atoms with Gasteiger partial charge in [0.05, 0.1) is 13.2 Å². The maximum absolute atomic E-state index is 5.70. The zero-order valence-electron chi connectivity index (χ0n) is 11.4. The first kappa shape index (κ1) is 14.6. The SMILES string of the molecule is [CH]=Cc1[c]c(OCCCC)c(OCCCC)cc1. The van der Waals surface area contributed by atoms with Gasteiger partial charge in [0.15, 0.2) is 11.5 Å².